The van der Waals surface area contributed by atoms with Crippen molar-refractivity contribution in [1.29, 1.82) is 0 Å². The second kappa shape index (κ2) is 12.4. The van der Waals surface area contributed by atoms with Crippen LogP contribution in [-0.2, 0) is 19.4 Å². The number of carbonyl (C=O) groups is 1. The molecular formula is C30H33IN2O3S. The monoisotopic (exact) mass is 628 g/mol. The predicted octanol–water partition coefficient (Wildman–Crippen LogP) is 7.63. The number of halogens is 1. The zero-order valence-electron chi connectivity index (χ0n) is 21.2. The van der Waals surface area contributed by atoms with Crippen molar-refractivity contribution >= 4 is 51.1 Å². The van der Waals surface area contributed by atoms with Crippen LogP contribution in [0.2, 0.25) is 0 Å². The molecule has 1 amide bonds. The van der Waals surface area contributed by atoms with Gasteiger partial charge in [0.25, 0.3) is 5.91 Å². The minimum Gasteiger partial charge on any atom is -0.493 e. The minimum absolute atomic E-state index is 0.0512. The number of nitrogens with one attached hydrogen (secondary N) is 1. The van der Waals surface area contributed by atoms with Crippen LogP contribution in [0.1, 0.15) is 76.9 Å². The van der Waals surface area contributed by atoms with Crippen LogP contribution >= 0.6 is 33.9 Å². The van der Waals surface area contributed by atoms with Gasteiger partial charge in [-0.25, -0.2) is 4.99 Å². The molecule has 0 spiro atoms. The van der Waals surface area contributed by atoms with E-state index in [1.54, 1.807) is 18.4 Å². The summed E-state index contributed by atoms with van der Waals surface area (Å²) >= 11 is 3.96. The Labute approximate surface area is 236 Å². The first-order chi connectivity index (χ1) is 18.1. The van der Waals surface area contributed by atoms with Gasteiger partial charge in [0.05, 0.1) is 16.2 Å². The summed E-state index contributed by atoms with van der Waals surface area (Å²) < 4.78 is 12.7. The number of amides is 1. The zero-order valence-corrected chi connectivity index (χ0v) is 24.2. The number of fused-ring (bicyclic) bond motifs is 1. The maximum atomic E-state index is 13.5. The smallest absolute Gasteiger partial charge is 0.254 e. The molecule has 3 aromatic rings. The highest BCUT2D eigenvalue weighted by atomic mass is 127. The highest BCUT2D eigenvalue weighted by molar-refractivity contribution is 14.1. The second-order valence-electron chi connectivity index (χ2n) is 9.77. The van der Waals surface area contributed by atoms with Gasteiger partial charge in [-0.3, -0.25) is 4.79 Å². The van der Waals surface area contributed by atoms with Crippen LogP contribution in [0.15, 0.2) is 47.5 Å². The number of hydrogen-bond acceptors (Lipinski definition) is 5. The van der Waals surface area contributed by atoms with Crippen molar-refractivity contribution in [3.63, 3.8) is 0 Å². The summed E-state index contributed by atoms with van der Waals surface area (Å²) in [5.74, 6) is 1.45. The van der Waals surface area contributed by atoms with E-state index in [4.69, 9.17) is 14.5 Å². The van der Waals surface area contributed by atoms with Gasteiger partial charge in [0.1, 0.15) is 11.6 Å². The van der Waals surface area contributed by atoms with Gasteiger partial charge in [-0.15, -0.1) is 11.3 Å². The number of aryl methyl sites for hydroxylation is 1. The fourth-order valence-corrected chi connectivity index (χ4v) is 7.21. The summed E-state index contributed by atoms with van der Waals surface area (Å²) in [6.45, 7) is 0.473. The largest absolute Gasteiger partial charge is 0.493 e. The van der Waals surface area contributed by atoms with Crippen LogP contribution in [-0.4, -0.2) is 25.3 Å². The standard InChI is InChI=1S/C30H33IN2O3S/c1-35-25-17-21(16-24(31)28(25)36-19-20-10-4-2-5-11-20)18-32-30-27(23-14-8-9-15-26(23)37-30)29(34)33-22-12-6-3-7-13-22/h2,4-5,10-11,16-18,22H,3,6-9,12-15,19H2,1H3,(H,33,34)/b32-18+. The zero-order chi connectivity index (χ0) is 25.6. The lowest BCUT2D eigenvalue weighted by Crippen LogP contribution is -2.36. The van der Waals surface area contributed by atoms with Crippen LogP contribution in [0.4, 0.5) is 5.00 Å². The Kier molecular flexibility index (Phi) is 8.81. The van der Waals surface area contributed by atoms with Crippen LogP contribution in [0.5, 0.6) is 11.5 Å². The summed E-state index contributed by atoms with van der Waals surface area (Å²) in [4.78, 5) is 19.6. The molecule has 0 bridgehead atoms. The molecule has 37 heavy (non-hydrogen) atoms. The van der Waals surface area contributed by atoms with Crippen molar-refractivity contribution in [3.8, 4) is 11.5 Å². The van der Waals surface area contributed by atoms with Gasteiger partial charge in [-0.2, -0.15) is 0 Å². The van der Waals surface area contributed by atoms with E-state index >= 15 is 0 Å². The van der Waals surface area contributed by atoms with Gasteiger partial charge >= 0.3 is 0 Å². The average Bonchev–Trinajstić information content (AvgIpc) is 3.30. The molecule has 0 aliphatic heterocycles. The molecule has 1 heterocycles. The van der Waals surface area contributed by atoms with Gasteiger partial charge < -0.3 is 14.8 Å². The molecule has 194 valence electrons. The van der Waals surface area contributed by atoms with Crippen molar-refractivity contribution in [3.05, 3.63) is 73.2 Å². The van der Waals surface area contributed by atoms with E-state index in [1.807, 2.05) is 48.7 Å². The SMILES string of the molecule is COc1cc(/C=N/c2sc3c(c2C(=O)NC2CCCCC2)CCCC3)cc(I)c1OCc1ccccc1. The average molecular weight is 629 g/mol. The molecule has 0 unspecified atom stereocenters. The number of carbonyl (C=O) groups excluding carboxylic acids is 1. The van der Waals surface area contributed by atoms with E-state index in [2.05, 4.69) is 27.9 Å². The normalized spacial score (nSPS) is 15.9. The number of ether oxygens (including phenoxy) is 2. The summed E-state index contributed by atoms with van der Waals surface area (Å²) in [6.07, 6.45) is 12.0. The maximum Gasteiger partial charge on any atom is 0.254 e. The van der Waals surface area contributed by atoms with Crippen molar-refractivity contribution in [2.24, 2.45) is 4.99 Å². The summed E-state index contributed by atoms with van der Waals surface area (Å²) in [7, 11) is 1.66. The molecule has 5 nitrogen and oxygen atoms in total. The molecule has 2 aliphatic carbocycles. The van der Waals surface area contributed by atoms with Crippen molar-refractivity contribution < 1.29 is 14.3 Å². The van der Waals surface area contributed by atoms with Crippen LogP contribution in [0, 0.1) is 3.57 Å². The van der Waals surface area contributed by atoms with Crippen molar-refractivity contribution in [1.82, 2.24) is 5.32 Å². The molecular weight excluding hydrogens is 595 g/mol. The van der Waals surface area contributed by atoms with Crippen molar-refractivity contribution in [2.45, 2.75) is 70.4 Å². The van der Waals surface area contributed by atoms with Crippen molar-refractivity contribution in [2.75, 3.05) is 7.11 Å². The fourth-order valence-electron chi connectivity index (χ4n) is 5.20. The van der Waals surface area contributed by atoms with E-state index in [9.17, 15) is 4.79 Å². The Hall–Kier alpha value is -2.39. The van der Waals surface area contributed by atoms with Gasteiger partial charge in [0.2, 0.25) is 0 Å². The molecule has 5 rings (SSSR count). The Morgan fingerprint density at radius 2 is 1.89 bits per heavy atom. The molecule has 1 aromatic heterocycles. The Balaban J connectivity index is 1.38. The van der Waals surface area contributed by atoms with Crippen LogP contribution < -0.4 is 14.8 Å². The number of hydrogen-bond donors (Lipinski definition) is 1. The number of methoxy groups -OCH3 is 1. The van der Waals surface area contributed by atoms with E-state index in [-0.39, 0.29) is 11.9 Å². The van der Waals surface area contributed by atoms with Gasteiger partial charge in [-0.05, 0) is 89.9 Å². The Bertz CT molecular complexity index is 1270. The number of aliphatic imine (C=N–C) groups is 1. The highest BCUT2D eigenvalue weighted by Crippen LogP contribution is 2.40. The fraction of sp³-hybridized carbons (Fsp3) is 0.400. The molecule has 2 aliphatic rings. The first kappa shape index (κ1) is 26.2. The molecule has 1 saturated carbocycles. The lowest BCUT2D eigenvalue weighted by atomic mass is 9.93. The maximum absolute atomic E-state index is 13.5. The van der Waals surface area contributed by atoms with Gasteiger partial charge in [0, 0.05) is 17.1 Å². The molecule has 1 N–H and O–H groups in total. The Morgan fingerprint density at radius 1 is 1.11 bits per heavy atom. The Morgan fingerprint density at radius 3 is 2.68 bits per heavy atom. The quantitative estimate of drug-likeness (QED) is 0.206. The van der Waals surface area contributed by atoms with Gasteiger partial charge in [0.15, 0.2) is 11.5 Å². The molecule has 1 fully saturated rings. The van der Waals surface area contributed by atoms with E-state index in [0.717, 1.165) is 63.1 Å². The number of nitrogens with zero attached hydrogens (tertiary/aromatic N) is 1. The number of rotatable bonds is 8. The molecule has 0 atom stereocenters. The van der Waals surface area contributed by atoms with Crippen LogP contribution in [0.25, 0.3) is 0 Å². The first-order valence-corrected chi connectivity index (χ1v) is 15.1. The van der Waals surface area contributed by atoms with Gasteiger partial charge in [-0.1, -0.05) is 49.6 Å². The third kappa shape index (κ3) is 6.37. The first-order valence-electron chi connectivity index (χ1n) is 13.2. The highest BCUT2D eigenvalue weighted by Gasteiger charge is 2.27. The minimum atomic E-state index is 0.0512. The topological polar surface area (TPSA) is 59.9 Å². The third-order valence-electron chi connectivity index (χ3n) is 7.13. The molecule has 2 aromatic carbocycles. The molecule has 0 radical (unpaired) electrons. The molecule has 0 saturated heterocycles. The lowest BCUT2D eigenvalue weighted by molar-refractivity contribution is 0.0927. The van der Waals surface area contributed by atoms with Crippen LogP contribution in [0.3, 0.4) is 0 Å². The summed E-state index contributed by atoms with van der Waals surface area (Å²) in [6, 6.07) is 14.4. The summed E-state index contributed by atoms with van der Waals surface area (Å²) in [5, 5.41) is 4.15. The predicted molar refractivity (Wildman–Crippen MR) is 159 cm³/mol. The van der Waals surface area contributed by atoms with E-state index < -0.39 is 0 Å². The van der Waals surface area contributed by atoms with E-state index in [0.29, 0.717) is 12.4 Å². The summed E-state index contributed by atoms with van der Waals surface area (Å²) in [5.41, 5.74) is 4.03. The second-order valence-corrected chi connectivity index (χ2v) is 12.0. The number of thiophene rings is 1. The lowest BCUT2D eigenvalue weighted by Gasteiger charge is -2.23. The molecule has 7 heteroatoms. The third-order valence-corrected chi connectivity index (χ3v) is 9.13. The van der Waals surface area contributed by atoms with E-state index in [1.165, 1.54) is 36.1 Å². The number of benzene rings is 2.